The number of nitrogens with zero attached hydrogens (tertiary/aromatic N) is 2. The molecule has 8 nitrogen and oxygen atoms in total. The number of sulfonamides is 1. The van der Waals surface area contributed by atoms with Crippen molar-refractivity contribution in [3.8, 4) is 5.75 Å². The van der Waals surface area contributed by atoms with Crippen molar-refractivity contribution in [2.75, 3.05) is 12.4 Å². The molecule has 0 aliphatic rings. The van der Waals surface area contributed by atoms with E-state index in [4.69, 9.17) is 16.3 Å². The fourth-order valence-electron chi connectivity index (χ4n) is 3.26. The lowest BCUT2D eigenvalue weighted by Crippen LogP contribution is -2.45. The van der Waals surface area contributed by atoms with Gasteiger partial charge < -0.3 is 10.1 Å². The maximum atomic E-state index is 13.2. The Balaban J connectivity index is 1.64. The Kier molecular flexibility index (Phi) is 6.89. The van der Waals surface area contributed by atoms with Crippen molar-refractivity contribution in [1.29, 1.82) is 0 Å². The number of anilines is 1. The van der Waals surface area contributed by atoms with Crippen molar-refractivity contribution in [2.45, 2.75) is 17.4 Å². The van der Waals surface area contributed by atoms with Gasteiger partial charge in [-0.2, -0.15) is 13.5 Å². The van der Waals surface area contributed by atoms with Crippen molar-refractivity contribution in [3.05, 3.63) is 77.3 Å². The summed E-state index contributed by atoms with van der Waals surface area (Å²) in [6.45, 7) is 0. The molecule has 0 spiro atoms. The van der Waals surface area contributed by atoms with Gasteiger partial charge in [0.2, 0.25) is 15.9 Å². The number of ether oxygens (including phenoxy) is 1. The molecule has 11 heteroatoms. The average molecular weight is 503 g/mol. The van der Waals surface area contributed by atoms with E-state index in [-0.39, 0.29) is 16.8 Å². The molecule has 170 valence electrons. The van der Waals surface area contributed by atoms with Gasteiger partial charge in [-0.3, -0.25) is 4.79 Å². The normalized spacial score (nSPS) is 12.4. The number of carbonyl (C=O) groups is 1. The Morgan fingerprint density at radius 3 is 2.61 bits per heavy atom. The number of halogens is 1. The Morgan fingerprint density at radius 1 is 1.09 bits per heavy atom. The minimum Gasteiger partial charge on any atom is -0.495 e. The Hall–Kier alpha value is -3.05. The minimum absolute atomic E-state index is 0.0351. The molecule has 0 fully saturated rings. The molecular weight excluding hydrogens is 484 g/mol. The molecule has 4 aromatic rings. The fraction of sp³-hybridized carbons (Fsp3) is 0.136. The number of rotatable bonds is 8. The van der Waals surface area contributed by atoms with Crippen LogP contribution in [0.2, 0.25) is 5.02 Å². The summed E-state index contributed by atoms with van der Waals surface area (Å²) < 4.78 is 42.3. The summed E-state index contributed by atoms with van der Waals surface area (Å²) in [7, 11) is -2.60. The molecule has 0 saturated carbocycles. The summed E-state index contributed by atoms with van der Waals surface area (Å²) in [4.78, 5) is 13.1. The zero-order chi connectivity index (χ0) is 23.4. The summed E-state index contributed by atoms with van der Waals surface area (Å²) in [5.41, 5.74) is 1.94. The Morgan fingerprint density at radius 2 is 1.88 bits per heavy atom. The Bertz CT molecular complexity index is 1390. The number of carbonyl (C=O) groups excluding carboxylic acids is 1. The average Bonchev–Trinajstić information content (AvgIpc) is 3.28. The molecule has 0 aliphatic heterocycles. The number of amides is 1. The van der Waals surface area contributed by atoms with Crippen LogP contribution in [0, 0.1) is 0 Å². The zero-order valence-electron chi connectivity index (χ0n) is 17.4. The van der Waals surface area contributed by atoms with Gasteiger partial charge >= 0.3 is 0 Å². The third-order valence-electron chi connectivity index (χ3n) is 4.85. The molecule has 1 amide bonds. The number of hydrogen-bond acceptors (Lipinski definition) is 7. The summed E-state index contributed by atoms with van der Waals surface area (Å²) in [6, 6.07) is 17.5. The van der Waals surface area contributed by atoms with Crippen LogP contribution in [0.15, 0.2) is 71.6 Å². The van der Waals surface area contributed by atoms with Crippen molar-refractivity contribution in [3.63, 3.8) is 0 Å². The number of benzene rings is 3. The van der Waals surface area contributed by atoms with Gasteiger partial charge in [0.25, 0.3) is 0 Å². The van der Waals surface area contributed by atoms with E-state index in [0.29, 0.717) is 22.0 Å². The highest BCUT2D eigenvalue weighted by Gasteiger charge is 2.28. The lowest BCUT2D eigenvalue weighted by atomic mass is 10.1. The molecule has 1 atom stereocenters. The van der Waals surface area contributed by atoms with Crippen LogP contribution in [-0.2, 0) is 21.2 Å². The van der Waals surface area contributed by atoms with Gasteiger partial charge in [-0.1, -0.05) is 48.0 Å². The van der Waals surface area contributed by atoms with Crippen LogP contribution in [0.4, 0.5) is 5.69 Å². The zero-order valence-corrected chi connectivity index (χ0v) is 19.7. The summed E-state index contributed by atoms with van der Waals surface area (Å²) in [5, 5.41) is 3.05. The second-order valence-electron chi connectivity index (χ2n) is 7.09. The standard InChI is InChI=1S/C22H19ClN4O4S2/c1-31-19-11-10-15(13-16(19)23)24-22(28)18(12-14-6-3-2-4-7-14)27-33(29,30)20-9-5-8-17-21(20)26-32-25-17/h2-11,13,18,27H,12H2,1H3,(H,24,28)/t18-/m0/s1. The van der Waals surface area contributed by atoms with Crippen LogP contribution in [0.5, 0.6) is 5.75 Å². The van der Waals surface area contributed by atoms with Crippen LogP contribution >= 0.6 is 23.3 Å². The van der Waals surface area contributed by atoms with Gasteiger partial charge in [0.05, 0.1) is 23.9 Å². The van der Waals surface area contributed by atoms with Crippen molar-refractivity contribution in [2.24, 2.45) is 0 Å². The number of methoxy groups -OCH3 is 1. The molecule has 2 N–H and O–H groups in total. The highest BCUT2D eigenvalue weighted by Crippen LogP contribution is 2.27. The van der Waals surface area contributed by atoms with E-state index in [2.05, 4.69) is 18.8 Å². The van der Waals surface area contributed by atoms with E-state index < -0.39 is 22.0 Å². The van der Waals surface area contributed by atoms with Gasteiger partial charge in [0, 0.05) is 5.69 Å². The third kappa shape index (κ3) is 5.31. The van der Waals surface area contributed by atoms with E-state index in [0.717, 1.165) is 17.3 Å². The van der Waals surface area contributed by atoms with Crippen molar-refractivity contribution in [1.82, 2.24) is 13.5 Å². The maximum Gasteiger partial charge on any atom is 0.243 e. The summed E-state index contributed by atoms with van der Waals surface area (Å²) in [5.74, 6) is -0.0755. The van der Waals surface area contributed by atoms with E-state index in [1.54, 1.807) is 24.3 Å². The SMILES string of the molecule is COc1ccc(NC(=O)[C@H](Cc2ccccc2)NS(=O)(=O)c2cccc3nsnc23)cc1Cl. The van der Waals surface area contributed by atoms with Gasteiger partial charge in [0.1, 0.15) is 27.7 Å². The van der Waals surface area contributed by atoms with E-state index in [9.17, 15) is 13.2 Å². The first-order chi connectivity index (χ1) is 15.9. The predicted octanol–water partition coefficient (Wildman–Crippen LogP) is 3.88. The van der Waals surface area contributed by atoms with Gasteiger partial charge in [0.15, 0.2) is 0 Å². The largest absolute Gasteiger partial charge is 0.495 e. The van der Waals surface area contributed by atoms with Crippen LogP contribution in [0.1, 0.15) is 5.56 Å². The smallest absolute Gasteiger partial charge is 0.243 e. The maximum absolute atomic E-state index is 13.2. The molecule has 4 rings (SSSR count). The molecule has 1 aromatic heterocycles. The quantitative estimate of drug-likeness (QED) is 0.378. The van der Waals surface area contributed by atoms with Crippen LogP contribution in [-0.4, -0.2) is 36.2 Å². The molecule has 0 unspecified atom stereocenters. The van der Waals surface area contributed by atoms with Gasteiger partial charge in [-0.05, 0) is 42.3 Å². The molecule has 3 aromatic carbocycles. The summed E-state index contributed by atoms with van der Waals surface area (Å²) in [6.07, 6.45) is 0.140. The number of nitrogens with one attached hydrogen (secondary N) is 2. The lowest BCUT2D eigenvalue weighted by molar-refractivity contribution is -0.117. The monoisotopic (exact) mass is 502 g/mol. The van der Waals surface area contributed by atoms with Gasteiger partial charge in [-0.25, -0.2) is 8.42 Å². The van der Waals surface area contributed by atoms with Crippen LogP contribution in [0.3, 0.4) is 0 Å². The van der Waals surface area contributed by atoms with Crippen molar-refractivity contribution >= 4 is 56.0 Å². The molecule has 0 radical (unpaired) electrons. The summed E-state index contributed by atoms with van der Waals surface area (Å²) >= 11 is 7.08. The molecule has 0 aliphatic carbocycles. The molecular formula is C22H19ClN4O4S2. The van der Waals surface area contributed by atoms with E-state index >= 15 is 0 Å². The van der Waals surface area contributed by atoms with Crippen LogP contribution in [0.25, 0.3) is 11.0 Å². The second kappa shape index (κ2) is 9.84. The number of hydrogen-bond donors (Lipinski definition) is 2. The van der Waals surface area contributed by atoms with Crippen LogP contribution < -0.4 is 14.8 Å². The first-order valence-electron chi connectivity index (χ1n) is 9.79. The lowest BCUT2D eigenvalue weighted by Gasteiger charge is -2.19. The van der Waals surface area contributed by atoms with E-state index in [1.807, 2.05) is 30.3 Å². The molecule has 0 bridgehead atoms. The predicted molar refractivity (Wildman–Crippen MR) is 128 cm³/mol. The van der Waals surface area contributed by atoms with E-state index in [1.165, 1.54) is 19.2 Å². The molecule has 0 saturated heterocycles. The number of fused-ring (bicyclic) bond motifs is 1. The molecule has 33 heavy (non-hydrogen) atoms. The van der Waals surface area contributed by atoms with Gasteiger partial charge in [-0.15, -0.1) is 0 Å². The van der Waals surface area contributed by atoms with Crippen molar-refractivity contribution < 1.29 is 17.9 Å². The highest BCUT2D eigenvalue weighted by molar-refractivity contribution is 7.89. The molecule has 1 heterocycles. The first-order valence-corrected chi connectivity index (χ1v) is 12.4. The fourth-order valence-corrected chi connectivity index (χ4v) is 5.48. The second-order valence-corrected chi connectivity index (χ2v) is 9.71. The highest BCUT2D eigenvalue weighted by atomic mass is 35.5. The third-order valence-corrected chi connectivity index (χ3v) is 7.20. The Labute approximate surface area is 199 Å². The minimum atomic E-state index is -4.08. The number of aromatic nitrogens is 2. The topological polar surface area (TPSA) is 110 Å². The first kappa shape index (κ1) is 23.1.